The second-order valence-corrected chi connectivity index (χ2v) is 16.2. The smallest absolute Gasteiger partial charge is 0.152 e. The number of fused-ring (bicyclic) bond motifs is 5. The number of anilines is 6. The van der Waals surface area contributed by atoms with E-state index in [9.17, 15) is 0 Å². The molecule has 0 bridgehead atoms. The van der Waals surface area contributed by atoms with Crippen LogP contribution in [0.5, 0.6) is 11.5 Å². The van der Waals surface area contributed by atoms with Crippen molar-refractivity contribution in [2.75, 3.05) is 9.80 Å². The Labute approximate surface area is 372 Å². The normalized spacial score (nSPS) is 11.8. The zero-order valence-electron chi connectivity index (χ0n) is 34.8. The van der Waals surface area contributed by atoms with E-state index < -0.39 is 0 Å². The third kappa shape index (κ3) is 6.75. The Morgan fingerprint density at radius 2 is 0.734 bits per heavy atom. The molecule has 0 fully saturated rings. The number of hydrogen-bond donors (Lipinski definition) is 0. The van der Waals surface area contributed by atoms with E-state index in [1.165, 1.54) is 22.3 Å². The standard InChI is InChI=1S/C60H40N2O2/c1-3-11-41(12-4-1)43-19-29-49(30-20-43)61(50-31-21-44(22-32-50)42-13-5-2-6-14-42)51-33-23-46(24-34-51)48-27-37-56-60(40-48)64-59-18-10-8-16-55(59)62(56)52-35-25-45(26-36-52)47-28-38-58-54(39-47)53-15-7-9-17-57(53)63-58/h1-40H. The van der Waals surface area contributed by atoms with Crippen LogP contribution >= 0.6 is 0 Å². The quantitative estimate of drug-likeness (QED) is 0.153. The number of benzene rings is 10. The lowest BCUT2D eigenvalue weighted by atomic mass is 10.0. The van der Waals surface area contributed by atoms with Crippen LogP contribution in [0.3, 0.4) is 0 Å². The third-order valence-corrected chi connectivity index (χ3v) is 12.3. The highest BCUT2D eigenvalue weighted by molar-refractivity contribution is 6.06. The number of para-hydroxylation sites is 3. The van der Waals surface area contributed by atoms with Gasteiger partial charge in [0.2, 0.25) is 0 Å². The minimum Gasteiger partial charge on any atom is -0.456 e. The van der Waals surface area contributed by atoms with Gasteiger partial charge in [-0.2, -0.15) is 0 Å². The van der Waals surface area contributed by atoms with E-state index in [1.807, 2.05) is 24.3 Å². The summed E-state index contributed by atoms with van der Waals surface area (Å²) in [5.74, 6) is 1.62. The second-order valence-electron chi connectivity index (χ2n) is 16.2. The first-order chi connectivity index (χ1) is 31.7. The molecule has 0 saturated heterocycles. The molecule has 64 heavy (non-hydrogen) atoms. The lowest BCUT2D eigenvalue weighted by molar-refractivity contribution is 0.477. The van der Waals surface area contributed by atoms with Crippen LogP contribution in [-0.4, -0.2) is 0 Å². The zero-order chi connectivity index (χ0) is 42.4. The maximum absolute atomic E-state index is 6.65. The van der Waals surface area contributed by atoms with Gasteiger partial charge in [0.15, 0.2) is 11.5 Å². The topological polar surface area (TPSA) is 28.9 Å². The number of rotatable bonds is 8. The van der Waals surface area contributed by atoms with Crippen LogP contribution in [0.2, 0.25) is 0 Å². The van der Waals surface area contributed by atoms with Crippen LogP contribution < -0.4 is 14.5 Å². The van der Waals surface area contributed by atoms with Crippen molar-refractivity contribution in [3.05, 3.63) is 243 Å². The molecule has 1 aliphatic rings. The molecule has 0 amide bonds. The summed E-state index contributed by atoms with van der Waals surface area (Å²) in [6, 6.07) is 85.8. The van der Waals surface area contributed by atoms with E-state index in [2.05, 4.69) is 228 Å². The van der Waals surface area contributed by atoms with Gasteiger partial charge in [0.25, 0.3) is 0 Å². The Morgan fingerprint density at radius 1 is 0.297 bits per heavy atom. The largest absolute Gasteiger partial charge is 0.456 e. The number of furan rings is 1. The van der Waals surface area contributed by atoms with Crippen molar-refractivity contribution >= 4 is 56.1 Å². The maximum Gasteiger partial charge on any atom is 0.152 e. The molecule has 0 saturated carbocycles. The molecule has 2 heterocycles. The number of ether oxygens (including phenoxy) is 1. The van der Waals surface area contributed by atoms with Crippen molar-refractivity contribution in [2.24, 2.45) is 0 Å². The monoisotopic (exact) mass is 820 g/mol. The predicted octanol–water partition coefficient (Wildman–Crippen LogP) is 17.3. The van der Waals surface area contributed by atoms with Crippen LogP contribution in [0.15, 0.2) is 247 Å². The second kappa shape index (κ2) is 15.7. The minimum absolute atomic E-state index is 0.806. The van der Waals surface area contributed by atoms with E-state index in [4.69, 9.17) is 9.15 Å². The van der Waals surface area contributed by atoms with Crippen LogP contribution in [0.25, 0.3) is 66.4 Å². The molecule has 0 unspecified atom stereocenters. The van der Waals surface area contributed by atoms with E-state index in [1.54, 1.807) is 0 Å². The molecule has 0 radical (unpaired) electrons. The molecule has 0 spiro atoms. The van der Waals surface area contributed by atoms with E-state index in [-0.39, 0.29) is 0 Å². The maximum atomic E-state index is 6.65. The molecule has 11 aromatic rings. The predicted molar refractivity (Wildman–Crippen MR) is 265 cm³/mol. The van der Waals surface area contributed by atoms with Gasteiger partial charge in [-0.3, -0.25) is 0 Å². The third-order valence-electron chi connectivity index (χ3n) is 12.3. The highest BCUT2D eigenvalue weighted by Crippen LogP contribution is 2.51. The summed E-state index contributed by atoms with van der Waals surface area (Å²) in [6.07, 6.45) is 0. The Hall–Kier alpha value is -8.60. The van der Waals surface area contributed by atoms with E-state index >= 15 is 0 Å². The average molecular weight is 821 g/mol. The van der Waals surface area contributed by atoms with Gasteiger partial charge in [-0.15, -0.1) is 0 Å². The van der Waals surface area contributed by atoms with Gasteiger partial charge in [0.05, 0.1) is 11.4 Å². The molecule has 4 heteroatoms. The molecular formula is C60H40N2O2. The molecule has 302 valence electrons. The fourth-order valence-electron chi connectivity index (χ4n) is 9.04. The molecule has 1 aromatic heterocycles. The molecule has 10 aromatic carbocycles. The first-order valence-corrected chi connectivity index (χ1v) is 21.6. The fraction of sp³-hybridized carbons (Fsp3) is 0. The van der Waals surface area contributed by atoms with Crippen molar-refractivity contribution in [3.63, 3.8) is 0 Å². The van der Waals surface area contributed by atoms with Gasteiger partial charge in [-0.05, 0) is 136 Å². The fourth-order valence-corrected chi connectivity index (χ4v) is 9.04. The Bertz CT molecular complexity index is 3350. The first-order valence-electron chi connectivity index (χ1n) is 21.6. The highest BCUT2D eigenvalue weighted by atomic mass is 16.5. The average Bonchev–Trinajstić information content (AvgIpc) is 3.75. The summed E-state index contributed by atoms with van der Waals surface area (Å²) in [5.41, 5.74) is 17.3. The van der Waals surface area contributed by atoms with Crippen molar-refractivity contribution in [1.82, 2.24) is 0 Å². The number of nitrogens with zero attached hydrogens (tertiary/aromatic N) is 2. The molecule has 1 aliphatic heterocycles. The number of hydrogen-bond acceptors (Lipinski definition) is 4. The lowest BCUT2D eigenvalue weighted by Crippen LogP contribution is -2.15. The molecule has 0 atom stereocenters. The van der Waals surface area contributed by atoms with Crippen LogP contribution in [0, 0.1) is 0 Å². The van der Waals surface area contributed by atoms with Gasteiger partial charge in [0, 0.05) is 33.5 Å². The summed E-state index contributed by atoms with van der Waals surface area (Å²) >= 11 is 0. The van der Waals surface area contributed by atoms with Crippen LogP contribution in [0.1, 0.15) is 0 Å². The van der Waals surface area contributed by atoms with Crippen LogP contribution in [0.4, 0.5) is 34.1 Å². The van der Waals surface area contributed by atoms with Gasteiger partial charge in [-0.25, -0.2) is 0 Å². The van der Waals surface area contributed by atoms with E-state index in [0.29, 0.717) is 0 Å². The molecular weight excluding hydrogens is 781 g/mol. The molecule has 4 nitrogen and oxygen atoms in total. The molecule has 0 aliphatic carbocycles. The van der Waals surface area contributed by atoms with Crippen molar-refractivity contribution in [1.29, 1.82) is 0 Å². The van der Waals surface area contributed by atoms with Crippen molar-refractivity contribution < 1.29 is 9.15 Å². The highest BCUT2D eigenvalue weighted by Gasteiger charge is 2.26. The summed E-state index contributed by atoms with van der Waals surface area (Å²) < 4.78 is 12.8. The van der Waals surface area contributed by atoms with Gasteiger partial charge in [0.1, 0.15) is 11.2 Å². The minimum atomic E-state index is 0.806. The lowest BCUT2D eigenvalue weighted by Gasteiger charge is -2.33. The van der Waals surface area contributed by atoms with Crippen molar-refractivity contribution in [3.8, 4) is 56.0 Å². The summed E-state index contributed by atoms with van der Waals surface area (Å²) in [4.78, 5) is 4.61. The SMILES string of the molecule is c1ccc(-c2ccc(N(c3ccc(-c4ccccc4)cc3)c3ccc(-c4ccc5c(c4)Oc4ccccc4N5c4ccc(-c5ccc6oc7ccccc7c6c5)cc4)cc3)cc2)cc1. The summed E-state index contributed by atoms with van der Waals surface area (Å²) in [6.45, 7) is 0. The summed E-state index contributed by atoms with van der Waals surface area (Å²) in [5, 5.41) is 2.25. The zero-order valence-corrected chi connectivity index (χ0v) is 34.8. The Kier molecular flexibility index (Phi) is 9.12. The summed E-state index contributed by atoms with van der Waals surface area (Å²) in [7, 11) is 0. The van der Waals surface area contributed by atoms with Gasteiger partial charge < -0.3 is 19.0 Å². The van der Waals surface area contributed by atoms with Gasteiger partial charge >= 0.3 is 0 Å². The molecule has 12 rings (SSSR count). The van der Waals surface area contributed by atoms with Crippen LogP contribution in [-0.2, 0) is 0 Å². The van der Waals surface area contributed by atoms with Gasteiger partial charge in [-0.1, -0.05) is 152 Å². The first kappa shape index (κ1) is 37.2. The molecule has 0 N–H and O–H groups in total. The van der Waals surface area contributed by atoms with Crippen molar-refractivity contribution in [2.45, 2.75) is 0 Å². The van der Waals surface area contributed by atoms with E-state index in [0.717, 1.165) is 89.8 Å². The Morgan fingerprint density at radius 3 is 1.36 bits per heavy atom. The Balaban J connectivity index is 0.862.